The quantitative estimate of drug-likeness (QED) is 0.430. The molecule has 1 heterocycles. The molecule has 0 spiro atoms. The molecule has 0 N–H and O–H groups in total. The minimum Gasteiger partial charge on any atom is -0.356 e. The Morgan fingerprint density at radius 1 is 0.917 bits per heavy atom. The van der Waals surface area contributed by atoms with Gasteiger partial charge in [-0.2, -0.15) is 0 Å². The van der Waals surface area contributed by atoms with Crippen LogP contribution in [0.25, 0.3) is 0 Å². The Balaban J connectivity index is 0.000000219. The summed E-state index contributed by atoms with van der Waals surface area (Å²) in [6.07, 6.45) is 3.23. The molecule has 2 unspecified atom stereocenters. The molecule has 0 saturated carbocycles. The first-order valence-corrected chi connectivity index (χ1v) is 8.69. The molecule has 2 aromatic rings. The zero-order chi connectivity index (χ0) is 17.5. The molecule has 1 saturated heterocycles. The number of hydrogen-bond acceptors (Lipinski definition) is 3. The summed E-state index contributed by atoms with van der Waals surface area (Å²) in [6, 6.07) is 18.4. The second-order valence-electron chi connectivity index (χ2n) is 5.94. The average molecular weight is 326 g/mol. The molecule has 4 nitrogen and oxygen atoms in total. The van der Waals surface area contributed by atoms with Crippen molar-refractivity contribution in [1.29, 1.82) is 0 Å². The van der Waals surface area contributed by atoms with Gasteiger partial charge in [-0.15, -0.1) is 0 Å². The molecule has 0 amide bonds. The highest BCUT2D eigenvalue weighted by Crippen LogP contribution is 2.43. The van der Waals surface area contributed by atoms with Gasteiger partial charge in [-0.1, -0.05) is 63.2 Å². The van der Waals surface area contributed by atoms with E-state index in [1.165, 1.54) is 5.56 Å². The minimum atomic E-state index is -0.299. The number of nitrogens with zero attached hydrogens (tertiary/aromatic N) is 2. The van der Waals surface area contributed by atoms with E-state index >= 15 is 0 Å². The van der Waals surface area contributed by atoms with Crippen molar-refractivity contribution in [3.05, 3.63) is 70.3 Å². The number of hydrogen-bond donors (Lipinski definition) is 0. The smallest absolute Gasteiger partial charge is 0.292 e. The highest BCUT2D eigenvalue weighted by Gasteiger charge is 2.46. The van der Waals surface area contributed by atoms with Gasteiger partial charge in [0.1, 0.15) is 5.69 Å². The fourth-order valence-electron chi connectivity index (χ4n) is 3.18. The van der Waals surface area contributed by atoms with Crippen LogP contribution in [0.2, 0.25) is 0 Å². The van der Waals surface area contributed by atoms with E-state index in [-0.39, 0.29) is 10.6 Å². The zero-order valence-corrected chi connectivity index (χ0v) is 14.7. The third kappa shape index (κ3) is 4.13. The number of aryl methyl sites for hydroxylation is 1. The van der Waals surface area contributed by atoms with Gasteiger partial charge in [-0.25, -0.2) is 0 Å². The molecule has 0 aliphatic carbocycles. The molecule has 4 heteroatoms. The first-order chi connectivity index (χ1) is 11.6. The number of nitro benzene ring substituents is 1. The Labute approximate surface area is 144 Å². The third-order valence-electron chi connectivity index (χ3n) is 4.51. The van der Waals surface area contributed by atoms with Gasteiger partial charge in [0.25, 0.3) is 5.69 Å². The summed E-state index contributed by atoms with van der Waals surface area (Å²) in [5.74, 6) is 0. The van der Waals surface area contributed by atoms with Crippen molar-refractivity contribution in [3.8, 4) is 0 Å². The van der Waals surface area contributed by atoms with Crippen LogP contribution in [-0.4, -0.2) is 17.0 Å². The van der Waals surface area contributed by atoms with Crippen LogP contribution in [0.15, 0.2) is 54.6 Å². The molecule has 2 aromatic carbocycles. The Kier molecular flexibility index (Phi) is 6.36. The summed E-state index contributed by atoms with van der Waals surface area (Å²) >= 11 is 0. The number of para-hydroxylation sites is 2. The molecule has 24 heavy (non-hydrogen) atoms. The van der Waals surface area contributed by atoms with Crippen LogP contribution in [0.4, 0.5) is 11.4 Å². The second-order valence-corrected chi connectivity index (χ2v) is 5.94. The second kappa shape index (κ2) is 8.48. The van der Waals surface area contributed by atoms with Crippen LogP contribution in [-0.2, 0) is 6.42 Å². The molecule has 0 bridgehead atoms. The molecule has 0 aromatic heterocycles. The van der Waals surface area contributed by atoms with Crippen LogP contribution in [0.3, 0.4) is 0 Å². The lowest BCUT2D eigenvalue weighted by atomic mass is 10.2. The summed E-state index contributed by atoms with van der Waals surface area (Å²) in [4.78, 5) is 12.8. The largest absolute Gasteiger partial charge is 0.356 e. The van der Waals surface area contributed by atoms with E-state index in [0.717, 1.165) is 24.9 Å². The maximum absolute atomic E-state index is 10.9. The first kappa shape index (κ1) is 18.0. The lowest BCUT2D eigenvalue weighted by molar-refractivity contribution is -0.384. The van der Waals surface area contributed by atoms with E-state index in [1.54, 1.807) is 12.1 Å². The summed E-state index contributed by atoms with van der Waals surface area (Å²) in [6.45, 7) is 6.42. The van der Waals surface area contributed by atoms with Gasteiger partial charge in [0, 0.05) is 18.2 Å². The lowest BCUT2D eigenvalue weighted by Gasteiger charge is -2.06. The molecular weight excluding hydrogens is 300 g/mol. The average Bonchev–Trinajstić information content (AvgIpc) is 3.36. The fraction of sp³-hybridized carbons (Fsp3) is 0.400. The van der Waals surface area contributed by atoms with Crippen molar-refractivity contribution in [2.75, 3.05) is 4.90 Å². The van der Waals surface area contributed by atoms with Crippen LogP contribution >= 0.6 is 0 Å². The van der Waals surface area contributed by atoms with Crippen LogP contribution in [0, 0.1) is 10.1 Å². The van der Waals surface area contributed by atoms with Crippen LogP contribution < -0.4 is 4.90 Å². The normalized spacial score (nSPS) is 18.5. The molecule has 1 fully saturated rings. The summed E-state index contributed by atoms with van der Waals surface area (Å²) in [5.41, 5.74) is 2.40. The number of anilines is 1. The van der Waals surface area contributed by atoms with Gasteiger partial charge >= 0.3 is 0 Å². The van der Waals surface area contributed by atoms with Gasteiger partial charge < -0.3 is 4.90 Å². The SMILES string of the molecule is CCC1C(CC)N1c1ccccc1[N+](=O)[O-].CCc1ccccc1. The molecule has 0 radical (unpaired) electrons. The van der Waals surface area contributed by atoms with Crippen LogP contribution in [0.5, 0.6) is 0 Å². The molecule has 3 rings (SSSR count). The topological polar surface area (TPSA) is 46.1 Å². The number of nitro groups is 1. The molecular formula is C20H26N2O2. The Morgan fingerprint density at radius 2 is 1.46 bits per heavy atom. The van der Waals surface area contributed by atoms with Crippen molar-refractivity contribution in [1.82, 2.24) is 0 Å². The lowest BCUT2D eigenvalue weighted by Crippen LogP contribution is -2.02. The van der Waals surface area contributed by atoms with Gasteiger partial charge in [0.05, 0.1) is 4.92 Å². The van der Waals surface area contributed by atoms with E-state index in [2.05, 4.69) is 49.9 Å². The van der Waals surface area contributed by atoms with Crippen molar-refractivity contribution in [3.63, 3.8) is 0 Å². The van der Waals surface area contributed by atoms with E-state index in [0.29, 0.717) is 12.1 Å². The van der Waals surface area contributed by atoms with E-state index < -0.39 is 0 Å². The molecule has 1 aliphatic rings. The summed E-state index contributed by atoms with van der Waals surface area (Å²) in [5, 5.41) is 10.9. The first-order valence-electron chi connectivity index (χ1n) is 8.69. The predicted molar refractivity (Wildman–Crippen MR) is 99.6 cm³/mol. The Hall–Kier alpha value is -2.36. The maximum Gasteiger partial charge on any atom is 0.292 e. The summed E-state index contributed by atoms with van der Waals surface area (Å²) < 4.78 is 0. The molecule has 128 valence electrons. The van der Waals surface area contributed by atoms with E-state index in [4.69, 9.17) is 0 Å². The third-order valence-corrected chi connectivity index (χ3v) is 4.51. The van der Waals surface area contributed by atoms with Gasteiger partial charge in [0.15, 0.2) is 0 Å². The monoisotopic (exact) mass is 326 g/mol. The number of benzene rings is 2. The van der Waals surface area contributed by atoms with Crippen molar-refractivity contribution in [2.24, 2.45) is 0 Å². The van der Waals surface area contributed by atoms with Gasteiger partial charge in [-0.05, 0) is 30.9 Å². The highest BCUT2D eigenvalue weighted by molar-refractivity contribution is 5.68. The predicted octanol–water partition coefficient (Wildman–Crippen LogP) is 5.22. The maximum atomic E-state index is 10.9. The fourth-order valence-corrected chi connectivity index (χ4v) is 3.18. The molecule has 2 atom stereocenters. The van der Waals surface area contributed by atoms with Gasteiger partial charge in [-0.3, -0.25) is 10.1 Å². The van der Waals surface area contributed by atoms with Crippen molar-refractivity contribution < 1.29 is 4.92 Å². The Bertz CT molecular complexity index is 648. The molecule has 1 aliphatic heterocycles. The highest BCUT2D eigenvalue weighted by atomic mass is 16.6. The zero-order valence-electron chi connectivity index (χ0n) is 14.7. The summed E-state index contributed by atoms with van der Waals surface area (Å²) in [7, 11) is 0. The number of rotatable bonds is 5. The van der Waals surface area contributed by atoms with Crippen molar-refractivity contribution in [2.45, 2.75) is 52.1 Å². The van der Waals surface area contributed by atoms with E-state index in [1.807, 2.05) is 18.2 Å². The van der Waals surface area contributed by atoms with Gasteiger partial charge in [0.2, 0.25) is 0 Å². The Morgan fingerprint density at radius 3 is 1.92 bits per heavy atom. The van der Waals surface area contributed by atoms with Crippen molar-refractivity contribution >= 4 is 11.4 Å². The standard InChI is InChI=1S/C12H16N2O2.C8H10/c1-3-9-10(4-2)13(9)11-7-5-6-8-12(11)14(15)16;1-2-8-6-4-3-5-7-8/h5-10H,3-4H2,1-2H3;3-7H,2H2,1H3. The van der Waals surface area contributed by atoms with Crippen LogP contribution in [0.1, 0.15) is 39.2 Å². The minimum absolute atomic E-state index is 0.219. The van der Waals surface area contributed by atoms with E-state index in [9.17, 15) is 10.1 Å².